The Morgan fingerprint density at radius 1 is 0.386 bits per heavy atom. The van der Waals surface area contributed by atoms with Crippen molar-refractivity contribution in [3.63, 3.8) is 0 Å². The van der Waals surface area contributed by atoms with Crippen molar-refractivity contribution < 1.29 is 4.68 Å². The Hall–Kier alpha value is -7.34. The molecule has 0 aliphatic carbocycles. The second-order valence-electron chi connectivity index (χ2n) is 14.3. The minimum Gasteiger partial charge on any atom is -0.247 e. The van der Waals surface area contributed by atoms with E-state index >= 15 is 0 Å². The molecule has 0 aliphatic heterocycles. The van der Waals surface area contributed by atoms with Gasteiger partial charge in [0.05, 0.1) is 11.2 Å². The van der Waals surface area contributed by atoms with Crippen LogP contribution in [0.4, 0.5) is 0 Å². The smallest absolute Gasteiger partial charge is 0.238 e. The van der Waals surface area contributed by atoms with Crippen molar-refractivity contribution in [2.45, 2.75) is 0 Å². The number of pyridine rings is 1. The molecule has 0 radical (unpaired) electrons. The van der Waals surface area contributed by atoms with Gasteiger partial charge in [-0.25, -0.2) is 9.97 Å². The first-order valence-corrected chi connectivity index (χ1v) is 19.9. The fourth-order valence-electron chi connectivity index (χ4n) is 7.99. The molecule has 0 N–H and O–H groups in total. The summed E-state index contributed by atoms with van der Waals surface area (Å²) in [5, 5.41) is 11.1. The van der Waals surface area contributed by atoms with Gasteiger partial charge in [0.25, 0.3) is 0 Å². The molecule has 11 rings (SSSR count). The van der Waals surface area contributed by atoms with Crippen molar-refractivity contribution >= 4 is 53.2 Å². The van der Waals surface area contributed by atoms with E-state index in [1.165, 1.54) is 47.5 Å². The molecule has 266 valence electrons. The van der Waals surface area contributed by atoms with Gasteiger partial charge in [-0.05, 0) is 57.3 Å². The fraction of sp³-hybridized carbons (Fsp3) is 0. The average Bonchev–Trinajstić information content (AvgIpc) is 3.68. The maximum absolute atomic E-state index is 5.20. The van der Waals surface area contributed by atoms with E-state index in [1.807, 2.05) is 58.6 Å². The molecule has 8 aromatic carbocycles. The van der Waals surface area contributed by atoms with E-state index in [-0.39, 0.29) is 0 Å². The molecule has 57 heavy (non-hydrogen) atoms. The Morgan fingerprint density at radius 3 is 1.79 bits per heavy atom. The number of nitrogens with zero attached hydrogens (tertiary/aromatic N) is 4. The second-order valence-corrected chi connectivity index (χ2v) is 15.4. The van der Waals surface area contributed by atoms with Gasteiger partial charge in [-0.15, -0.1) is 11.3 Å². The molecule has 0 atom stereocenters. The third kappa shape index (κ3) is 5.93. The molecule has 5 heteroatoms. The maximum atomic E-state index is 5.20. The lowest BCUT2D eigenvalue weighted by molar-refractivity contribution is -0.658. The molecule has 0 fully saturated rings. The summed E-state index contributed by atoms with van der Waals surface area (Å²) in [6, 6.07) is 68.5. The highest BCUT2D eigenvalue weighted by Crippen LogP contribution is 2.44. The molecule has 0 unspecified atom stereocenters. The molecule has 0 spiro atoms. The summed E-state index contributed by atoms with van der Waals surface area (Å²) < 4.78 is 4.48. The van der Waals surface area contributed by atoms with Crippen molar-refractivity contribution in [3.8, 4) is 61.8 Å². The zero-order valence-corrected chi connectivity index (χ0v) is 31.6. The van der Waals surface area contributed by atoms with E-state index in [0.29, 0.717) is 5.82 Å². The van der Waals surface area contributed by atoms with Gasteiger partial charge in [0.15, 0.2) is 0 Å². The van der Waals surface area contributed by atoms with Crippen molar-refractivity contribution in [1.29, 1.82) is 0 Å². The first kappa shape index (κ1) is 33.0. The van der Waals surface area contributed by atoms with Crippen molar-refractivity contribution in [2.24, 2.45) is 0 Å². The van der Waals surface area contributed by atoms with Crippen LogP contribution >= 0.6 is 11.3 Å². The standard InChI is InChI=1S/C52H33N4S/c1-4-13-35(14-5-1)46-33-56(41-19-8-3-9-20-41)55-52(54-46)37-25-23-34(24-26-37)38-17-12-18-39(31-38)40-27-29-47-44(32-40)50-48(57-47)30-28-43-49(50)42-21-10-11-22-45(42)53-51(43)36-15-6-2-7-16-36/h1-33H/q+1. The Morgan fingerprint density at radius 2 is 1.00 bits per heavy atom. The minimum absolute atomic E-state index is 0.670. The van der Waals surface area contributed by atoms with Gasteiger partial charge in [0.2, 0.25) is 17.7 Å². The zero-order valence-electron chi connectivity index (χ0n) is 30.7. The van der Waals surface area contributed by atoms with E-state index in [0.717, 1.165) is 50.4 Å². The lowest BCUT2D eigenvalue weighted by Gasteiger charge is -2.12. The van der Waals surface area contributed by atoms with E-state index in [4.69, 9.17) is 15.1 Å². The van der Waals surface area contributed by atoms with E-state index < -0.39 is 0 Å². The monoisotopic (exact) mass is 745 g/mol. The largest absolute Gasteiger partial charge is 0.247 e. The number of hydrogen-bond acceptors (Lipinski definition) is 4. The highest BCUT2D eigenvalue weighted by Gasteiger charge is 2.19. The third-order valence-electron chi connectivity index (χ3n) is 10.8. The Kier molecular flexibility index (Phi) is 7.97. The molecule has 0 aliphatic rings. The summed E-state index contributed by atoms with van der Waals surface area (Å²) in [5.41, 5.74) is 11.7. The van der Waals surface area contributed by atoms with E-state index in [9.17, 15) is 0 Å². The van der Waals surface area contributed by atoms with Crippen LogP contribution in [-0.4, -0.2) is 15.1 Å². The number of hydrogen-bond donors (Lipinski definition) is 0. The third-order valence-corrected chi connectivity index (χ3v) is 11.9. The van der Waals surface area contributed by atoms with Gasteiger partial charge >= 0.3 is 0 Å². The number of aromatic nitrogens is 4. The SMILES string of the molecule is c1ccc(-c2c[n+](-c3ccccc3)nc(-c3ccc(-c4cccc(-c5ccc6sc7ccc8c(-c9ccccc9)nc9ccccc9c8c7c6c5)c4)cc3)n2)cc1. The predicted octanol–water partition coefficient (Wildman–Crippen LogP) is 13.2. The summed E-state index contributed by atoms with van der Waals surface area (Å²) >= 11 is 1.86. The first-order chi connectivity index (χ1) is 28.2. The lowest BCUT2D eigenvalue weighted by Crippen LogP contribution is -2.36. The normalized spacial score (nSPS) is 11.5. The molecular weight excluding hydrogens is 713 g/mol. The molecule has 4 nitrogen and oxygen atoms in total. The number of para-hydroxylation sites is 2. The molecule has 3 heterocycles. The van der Waals surface area contributed by atoms with Crippen molar-refractivity contribution in [1.82, 2.24) is 15.1 Å². The molecule has 0 amide bonds. The highest BCUT2D eigenvalue weighted by molar-refractivity contribution is 7.26. The fourth-order valence-corrected chi connectivity index (χ4v) is 9.08. The molecule has 0 saturated carbocycles. The van der Waals surface area contributed by atoms with Crippen LogP contribution in [0.3, 0.4) is 0 Å². The Bertz CT molecular complexity index is 3210. The van der Waals surface area contributed by atoms with Crippen LogP contribution in [0.5, 0.6) is 0 Å². The van der Waals surface area contributed by atoms with Gasteiger partial charge in [-0.3, -0.25) is 0 Å². The predicted molar refractivity (Wildman–Crippen MR) is 236 cm³/mol. The van der Waals surface area contributed by atoms with Crippen LogP contribution in [0.1, 0.15) is 0 Å². The minimum atomic E-state index is 0.670. The zero-order chi connectivity index (χ0) is 37.7. The number of benzene rings is 8. The summed E-state index contributed by atoms with van der Waals surface area (Å²) in [5.74, 6) is 0.670. The number of rotatable bonds is 6. The van der Waals surface area contributed by atoms with E-state index in [1.54, 1.807) is 0 Å². The quantitative estimate of drug-likeness (QED) is 0.126. The summed E-state index contributed by atoms with van der Waals surface area (Å²) in [6.07, 6.45) is 1.99. The van der Waals surface area contributed by atoms with Crippen molar-refractivity contribution in [2.75, 3.05) is 0 Å². The summed E-state index contributed by atoms with van der Waals surface area (Å²) in [6.45, 7) is 0. The molecule has 0 saturated heterocycles. The molecule has 3 aromatic heterocycles. The van der Waals surface area contributed by atoms with Crippen LogP contribution in [0.2, 0.25) is 0 Å². The lowest BCUT2D eigenvalue weighted by atomic mass is 9.94. The van der Waals surface area contributed by atoms with Gasteiger partial charge in [-0.2, -0.15) is 0 Å². The Labute approximate surface area is 333 Å². The molecule has 11 aromatic rings. The molecule has 0 bridgehead atoms. The van der Waals surface area contributed by atoms with Crippen LogP contribution < -0.4 is 4.68 Å². The van der Waals surface area contributed by atoms with Gasteiger partial charge in [0.1, 0.15) is 5.69 Å². The van der Waals surface area contributed by atoms with Crippen molar-refractivity contribution in [3.05, 3.63) is 200 Å². The van der Waals surface area contributed by atoms with Crippen LogP contribution in [0.15, 0.2) is 200 Å². The van der Waals surface area contributed by atoms with Gasteiger partial charge in [-0.1, -0.05) is 152 Å². The Balaban J connectivity index is 0.992. The number of thiophene rings is 1. The first-order valence-electron chi connectivity index (χ1n) is 19.1. The van der Waals surface area contributed by atoms with Gasteiger partial charge in [0, 0.05) is 70.3 Å². The summed E-state index contributed by atoms with van der Waals surface area (Å²) in [4.78, 5) is 10.2. The van der Waals surface area contributed by atoms with Gasteiger partial charge < -0.3 is 0 Å². The second kappa shape index (κ2) is 13.7. The average molecular weight is 746 g/mol. The van der Waals surface area contributed by atoms with Crippen LogP contribution in [0, 0.1) is 0 Å². The topological polar surface area (TPSA) is 42.5 Å². The summed E-state index contributed by atoms with van der Waals surface area (Å²) in [7, 11) is 0. The van der Waals surface area contributed by atoms with Crippen LogP contribution in [0.25, 0.3) is 104 Å². The maximum Gasteiger partial charge on any atom is 0.238 e. The van der Waals surface area contributed by atoms with Crippen LogP contribution in [-0.2, 0) is 0 Å². The highest BCUT2D eigenvalue weighted by atomic mass is 32.1. The number of fused-ring (bicyclic) bond motifs is 7. The van der Waals surface area contributed by atoms with E-state index in [2.05, 4.69) is 158 Å². The molecular formula is C52H33N4S+.